The molecule has 116 valence electrons. The molecular weight excluding hydrogens is 272 g/mol. The van der Waals surface area contributed by atoms with Crippen LogP contribution in [-0.4, -0.2) is 32.1 Å². The van der Waals surface area contributed by atoms with Crippen molar-refractivity contribution in [2.24, 2.45) is 10.2 Å². The maximum Gasteiger partial charge on any atom is 0.304 e. The van der Waals surface area contributed by atoms with E-state index in [0.29, 0.717) is 0 Å². The fraction of sp³-hybridized carbons (Fsp3) is 0.444. The van der Waals surface area contributed by atoms with Crippen LogP contribution in [0.5, 0.6) is 0 Å². The number of unbranched alkanes of at least 4 members (excludes halogenated alkanes) is 1. The second-order valence-corrected chi connectivity index (χ2v) is 5.78. The normalized spacial score (nSPS) is 14.2. The molecule has 0 aromatic heterocycles. The minimum atomic E-state index is 0.809. The van der Waals surface area contributed by atoms with Gasteiger partial charge in [0.2, 0.25) is 0 Å². The number of rotatable bonds is 6. The van der Waals surface area contributed by atoms with E-state index in [-0.39, 0.29) is 0 Å². The van der Waals surface area contributed by atoms with E-state index in [9.17, 15) is 0 Å². The molecule has 0 amide bonds. The fourth-order valence-electron chi connectivity index (χ4n) is 2.20. The molecule has 2 rings (SSSR count). The first kappa shape index (κ1) is 16.2. The highest BCUT2D eigenvalue weighted by Crippen LogP contribution is 2.25. The third-order valence-electron chi connectivity index (χ3n) is 3.68. The van der Waals surface area contributed by atoms with Gasteiger partial charge in [-0.1, -0.05) is 18.5 Å². The quantitative estimate of drug-likeness (QED) is 0.573. The highest BCUT2D eigenvalue weighted by atomic mass is 15.1. The summed E-state index contributed by atoms with van der Waals surface area (Å²) in [5.41, 5.74) is 4.01. The van der Waals surface area contributed by atoms with E-state index in [1.807, 2.05) is 26.4 Å². The smallest absolute Gasteiger partial charge is 0.304 e. The lowest BCUT2D eigenvalue weighted by Gasteiger charge is -2.14. The zero-order valence-electron chi connectivity index (χ0n) is 14.0. The first-order valence-corrected chi connectivity index (χ1v) is 7.84. The predicted molar refractivity (Wildman–Crippen MR) is 92.4 cm³/mol. The van der Waals surface area contributed by atoms with Crippen LogP contribution in [0.1, 0.15) is 25.3 Å². The Balaban J connectivity index is 1.98. The van der Waals surface area contributed by atoms with E-state index >= 15 is 0 Å². The van der Waals surface area contributed by atoms with Gasteiger partial charge >= 0.3 is 5.70 Å². The minimum Gasteiger partial charge on any atom is -0.378 e. The van der Waals surface area contributed by atoms with Crippen molar-refractivity contribution in [1.82, 2.24) is 4.90 Å². The number of anilines is 1. The molecule has 1 aliphatic rings. The zero-order chi connectivity index (χ0) is 15.9. The number of azo groups is 1. The number of hydrogen-bond donors (Lipinski definition) is 0. The van der Waals surface area contributed by atoms with E-state index < -0.39 is 0 Å². The van der Waals surface area contributed by atoms with Crippen LogP contribution in [-0.2, 0) is 0 Å². The van der Waals surface area contributed by atoms with Crippen molar-refractivity contribution in [3.8, 4) is 0 Å². The molecule has 1 aromatic rings. The first-order chi connectivity index (χ1) is 10.6. The number of nitrogens with zero attached hydrogens (tertiary/aromatic N) is 4. The van der Waals surface area contributed by atoms with Crippen molar-refractivity contribution in [2.45, 2.75) is 26.7 Å². The van der Waals surface area contributed by atoms with Crippen LogP contribution in [0.4, 0.5) is 11.4 Å². The molecule has 1 heterocycles. The van der Waals surface area contributed by atoms with Gasteiger partial charge in [-0.25, -0.2) is 0 Å². The van der Waals surface area contributed by atoms with Crippen molar-refractivity contribution < 1.29 is 0 Å². The molecule has 0 fully saturated rings. The van der Waals surface area contributed by atoms with Crippen molar-refractivity contribution in [3.63, 3.8) is 0 Å². The number of allylic oxidation sites excluding steroid dienone is 1. The molecule has 0 radical (unpaired) electrons. The SMILES string of the molecule is CCCCN1C=[C+]C(N=Nc2ccc(N(C)C)cc2C)=CC1. The molecule has 0 N–H and O–H groups in total. The summed E-state index contributed by atoms with van der Waals surface area (Å²) in [6.07, 6.45) is 9.67. The van der Waals surface area contributed by atoms with Crippen molar-refractivity contribution >= 4 is 11.4 Å². The van der Waals surface area contributed by atoms with Crippen molar-refractivity contribution in [2.75, 3.05) is 32.1 Å². The largest absolute Gasteiger partial charge is 0.378 e. The summed E-state index contributed by atoms with van der Waals surface area (Å²) < 4.78 is 0. The van der Waals surface area contributed by atoms with Gasteiger partial charge < -0.3 is 9.80 Å². The molecule has 0 spiro atoms. The van der Waals surface area contributed by atoms with Crippen LogP contribution < -0.4 is 4.90 Å². The van der Waals surface area contributed by atoms with Crippen molar-refractivity contribution in [3.05, 3.63) is 47.8 Å². The summed E-state index contributed by atoms with van der Waals surface area (Å²) in [5, 5.41) is 8.66. The van der Waals surface area contributed by atoms with Gasteiger partial charge in [0.15, 0.2) is 6.20 Å². The Morgan fingerprint density at radius 1 is 1.27 bits per heavy atom. The lowest BCUT2D eigenvalue weighted by molar-refractivity contribution is 0.397. The van der Waals surface area contributed by atoms with Gasteiger partial charge in [-0.3, -0.25) is 0 Å². The Labute approximate surface area is 133 Å². The van der Waals surface area contributed by atoms with Gasteiger partial charge in [-0.15, -0.1) is 5.11 Å². The Hall–Kier alpha value is -2.19. The molecule has 4 nitrogen and oxygen atoms in total. The van der Waals surface area contributed by atoms with E-state index in [4.69, 9.17) is 0 Å². The summed E-state index contributed by atoms with van der Waals surface area (Å²) in [5.74, 6) is 0. The maximum absolute atomic E-state index is 4.35. The Bertz CT molecular complexity index is 585. The predicted octanol–water partition coefficient (Wildman–Crippen LogP) is 4.46. The zero-order valence-corrected chi connectivity index (χ0v) is 14.0. The summed E-state index contributed by atoms with van der Waals surface area (Å²) in [6, 6.07) is 6.19. The molecule has 22 heavy (non-hydrogen) atoms. The number of aryl methyl sites for hydroxylation is 1. The molecule has 0 bridgehead atoms. The molecule has 0 saturated carbocycles. The Kier molecular flexibility index (Phi) is 5.68. The molecule has 1 aliphatic heterocycles. The van der Waals surface area contributed by atoms with Crippen LogP contribution in [0.25, 0.3) is 0 Å². The average molecular weight is 297 g/mol. The minimum absolute atomic E-state index is 0.809. The van der Waals surface area contributed by atoms with Crippen molar-refractivity contribution in [1.29, 1.82) is 0 Å². The highest BCUT2D eigenvalue weighted by molar-refractivity contribution is 5.56. The first-order valence-electron chi connectivity index (χ1n) is 7.84. The number of benzene rings is 1. The molecule has 1 aromatic carbocycles. The second kappa shape index (κ2) is 7.71. The lowest BCUT2D eigenvalue weighted by atomic mass is 10.2. The fourth-order valence-corrected chi connectivity index (χ4v) is 2.20. The number of hydrogen-bond acceptors (Lipinski definition) is 4. The van der Waals surface area contributed by atoms with Gasteiger partial charge in [0.25, 0.3) is 0 Å². The maximum atomic E-state index is 4.35. The molecule has 0 aliphatic carbocycles. The van der Waals surface area contributed by atoms with E-state index in [0.717, 1.165) is 30.0 Å². The van der Waals surface area contributed by atoms with E-state index in [1.165, 1.54) is 18.5 Å². The van der Waals surface area contributed by atoms with Gasteiger partial charge in [0.05, 0.1) is 11.8 Å². The van der Waals surface area contributed by atoms with Gasteiger partial charge in [0, 0.05) is 26.3 Å². The molecule has 0 saturated heterocycles. The molecule has 0 unspecified atom stereocenters. The Morgan fingerprint density at radius 2 is 2.09 bits per heavy atom. The van der Waals surface area contributed by atoms with Gasteiger partial charge in [-0.2, -0.15) is 0 Å². The van der Waals surface area contributed by atoms with Crippen LogP contribution in [0, 0.1) is 13.0 Å². The molecule has 4 heteroatoms. The summed E-state index contributed by atoms with van der Waals surface area (Å²) in [6.45, 7) is 6.23. The monoisotopic (exact) mass is 297 g/mol. The van der Waals surface area contributed by atoms with Crippen LogP contribution in [0.2, 0.25) is 0 Å². The molecular formula is C18H25N4+. The summed E-state index contributed by atoms with van der Waals surface area (Å²) in [7, 11) is 4.07. The third kappa shape index (κ3) is 4.40. The lowest BCUT2D eigenvalue weighted by Crippen LogP contribution is -2.20. The van der Waals surface area contributed by atoms with E-state index in [2.05, 4.69) is 58.2 Å². The van der Waals surface area contributed by atoms with Crippen LogP contribution >= 0.6 is 0 Å². The van der Waals surface area contributed by atoms with Crippen LogP contribution in [0.15, 0.2) is 46.4 Å². The molecule has 0 atom stereocenters. The highest BCUT2D eigenvalue weighted by Gasteiger charge is 2.13. The van der Waals surface area contributed by atoms with Gasteiger partial charge in [-0.05, 0) is 37.1 Å². The topological polar surface area (TPSA) is 31.2 Å². The summed E-state index contributed by atoms with van der Waals surface area (Å²) >= 11 is 0. The van der Waals surface area contributed by atoms with Crippen LogP contribution in [0.3, 0.4) is 0 Å². The standard InChI is InChI=1S/C18H25N4/c1-5-6-11-22-12-9-16(10-13-22)19-20-18-8-7-17(21(3)4)14-15(18)2/h7-9,13-14H,5-6,11-12H2,1-4H3/q+1. The Morgan fingerprint density at radius 3 is 2.68 bits per heavy atom. The average Bonchev–Trinajstić information content (AvgIpc) is 2.52. The third-order valence-corrected chi connectivity index (χ3v) is 3.68. The second-order valence-electron chi connectivity index (χ2n) is 5.78. The summed E-state index contributed by atoms with van der Waals surface area (Å²) in [4.78, 5) is 4.33. The van der Waals surface area contributed by atoms with Gasteiger partial charge in [0.1, 0.15) is 12.6 Å². The van der Waals surface area contributed by atoms with E-state index in [1.54, 1.807) is 0 Å².